The molecule has 1 saturated heterocycles. The third-order valence-corrected chi connectivity index (χ3v) is 4.70. The molecule has 1 amide bonds. The molecule has 0 aliphatic carbocycles. The normalized spacial score (nSPS) is 23.9. The van der Waals surface area contributed by atoms with E-state index in [0.717, 1.165) is 24.8 Å². The van der Waals surface area contributed by atoms with Gasteiger partial charge in [-0.15, -0.1) is 0 Å². The number of ether oxygens (including phenoxy) is 1. The van der Waals surface area contributed by atoms with Crippen molar-refractivity contribution in [2.45, 2.75) is 64.1 Å². The third-order valence-electron chi connectivity index (χ3n) is 4.70. The number of piperidine rings is 1. The van der Waals surface area contributed by atoms with E-state index in [-0.39, 0.29) is 12.1 Å². The summed E-state index contributed by atoms with van der Waals surface area (Å²) in [6.07, 6.45) is 8.96. The van der Waals surface area contributed by atoms with E-state index in [1.165, 1.54) is 24.8 Å². The zero-order valence-corrected chi connectivity index (χ0v) is 13.3. The highest BCUT2D eigenvalue weighted by Gasteiger charge is 2.37. The van der Waals surface area contributed by atoms with Crippen molar-refractivity contribution < 1.29 is 9.53 Å². The molecule has 0 spiro atoms. The summed E-state index contributed by atoms with van der Waals surface area (Å²) in [7, 11) is 0. The lowest BCUT2D eigenvalue weighted by molar-refractivity contribution is 0.0479. The molecule has 1 fully saturated rings. The molecular weight excluding hydrogens is 274 g/mol. The van der Waals surface area contributed by atoms with Crippen LogP contribution in [0, 0.1) is 0 Å². The van der Waals surface area contributed by atoms with E-state index in [1.807, 2.05) is 35.2 Å². The Hall–Kier alpha value is -1.77. The largest absolute Gasteiger partial charge is 0.445 e. The van der Waals surface area contributed by atoms with Crippen molar-refractivity contribution in [1.82, 2.24) is 4.90 Å². The van der Waals surface area contributed by atoms with E-state index < -0.39 is 0 Å². The van der Waals surface area contributed by atoms with Gasteiger partial charge in [0, 0.05) is 6.04 Å². The molecule has 2 heterocycles. The van der Waals surface area contributed by atoms with Crippen LogP contribution in [0.2, 0.25) is 0 Å². The van der Waals surface area contributed by atoms with E-state index in [4.69, 9.17) is 4.74 Å². The SMILES string of the molecule is CCCC1=CC2CCCC(C1)N2C(=O)OCc1ccccc1. The van der Waals surface area contributed by atoms with Gasteiger partial charge in [0.25, 0.3) is 0 Å². The molecular formula is C19H25NO2. The van der Waals surface area contributed by atoms with Gasteiger partial charge in [-0.3, -0.25) is 4.90 Å². The van der Waals surface area contributed by atoms with E-state index in [1.54, 1.807) is 0 Å². The highest BCUT2D eigenvalue weighted by atomic mass is 16.6. The number of carbonyl (C=O) groups is 1. The zero-order valence-electron chi connectivity index (χ0n) is 13.3. The Morgan fingerprint density at radius 1 is 1.27 bits per heavy atom. The van der Waals surface area contributed by atoms with Gasteiger partial charge in [-0.05, 0) is 37.7 Å². The van der Waals surface area contributed by atoms with Crippen LogP contribution < -0.4 is 0 Å². The van der Waals surface area contributed by atoms with E-state index in [2.05, 4.69) is 13.0 Å². The summed E-state index contributed by atoms with van der Waals surface area (Å²) in [5.41, 5.74) is 2.57. The van der Waals surface area contributed by atoms with Gasteiger partial charge in [-0.2, -0.15) is 0 Å². The average Bonchev–Trinajstić information content (AvgIpc) is 2.53. The fraction of sp³-hybridized carbons (Fsp3) is 0.526. The second-order valence-corrected chi connectivity index (χ2v) is 6.38. The van der Waals surface area contributed by atoms with Gasteiger partial charge in [-0.25, -0.2) is 4.79 Å². The predicted molar refractivity (Wildman–Crippen MR) is 87.5 cm³/mol. The van der Waals surface area contributed by atoms with Gasteiger partial charge in [-0.1, -0.05) is 55.3 Å². The molecule has 2 aliphatic heterocycles. The molecule has 0 saturated carbocycles. The van der Waals surface area contributed by atoms with Gasteiger partial charge < -0.3 is 4.74 Å². The minimum Gasteiger partial charge on any atom is -0.445 e. The monoisotopic (exact) mass is 299 g/mol. The van der Waals surface area contributed by atoms with Crippen LogP contribution in [0.25, 0.3) is 0 Å². The third kappa shape index (κ3) is 3.34. The van der Waals surface area contributed by atoms with Crippen LogP contribution in [0.1, 0.15) is 51.0 Å². The van der Waals surface area contributed by atoms with Gasteiger partial charge in [0.05, 0.1) is 6.04 Å². The lowest BCUT2D eigenvalue weighted by atomic mass is 9.84. The number of hydrogen-bond acceptors (Lipinski definition) is 2. The summed E-state index contributed by atoms with van der Waals surface area (Å²) in [6.45, 7) is 2.58. The number of benzene rings is 1. The molecule has 0 N–H and O–H groups in total. The lowest BCUT2D eigenvalue weighted by Crippen LogP contribution is -2.51. The van der Waals surface area contributed by atoms with Crippen LogP contribution in [-0.4, -0.2) is 23.1 Å². The maximum atomic E-state index is 12.5. The summed E-state index contributed by atoms with van der Waals surface area (Å²) < 4.78 is 5.56. The van der Waals surface area contributed by atoms with Crippen molar-refractivity contribution in [2.75, 3.05) is 0 Å². The molecule has 22 heavy (non-hydrogen) atoms. The topological polar surface area (TPSA) is 29.5 Å². The Bertz CT molecular complexity index is 538. The summed E-state index contributed by atoms with van der Waals surface area (Å²) in [5, 5.41) is 0. The smallest absolute Gasteiger partial charge is 0.410 e. The summed E-state index contributed by atoms with van der Waals surface area (Å²) >= 11 is 0. The molecule has 0 aromatic heterocycles. The van der Waals surface area contributed by atoms with Crippen molar-refractivity contribution in [1.29, 1.82) is 0 Å². The lowest BCUT2D eigenvalue weighted by Gasteiger charge is -2.44. The minimum atomic E-state index is -0.148. The number of hydrogen-bond donors (Lipinski definition) is 0. The van der Waals surface area contributed by atoms with Crippen molar-refractivity contribution >= 4 is 6.09 Å². The zero-order chi connectivity index (χ0) is 15.4. The Balaban J connectivity index is 1.65. The first-order chi connectivity index (χ1) is 10.8. The first-order valence-corrected chi connectivity index (χ1v) is 8.46. The van der Waals surface area contributed by atoms with Crippen molar-refractivity contribution in [3.8, 4) is 0 Å². The molecule has 3 heteroatoms. The predicted octanol–water partition coefficient (Wildman–Crippen LogP) is 4.68. The van der Waals surface area contributed by atoms with Crippen LogP contribution in [0.3, 0.4) is 0 Å². The van der Waals surface area contributed by atoms with Crippen molar-refractivity contribution in [3.63, 3.8) is 0 Å². The standard InChI is InChI=1S/C19H25NO2/c1-2-7-16-12-17-10-6-11-18(13-16)20(17)19(21)22-14-15-8-4-3-5-9-15/h3-5,8-9,12,17-18H,2,6-7,10-11,13-14H2,1H3. The van der Waals surface area contributed by atoms with Crippen LogP contribution in [0.4, 0.5) is 4.79 Å². The van der Waals surface area contributed by atoms with Crippen LogP contribution in [-0.2, 0) is 11.3 Å². The summed E-state index contributed by atoms with van der Waals surface area (Å²) in [4.78, 5) is 14.5. The fourth-order valence-electron chi connectivity index (χ4n) is 3.70. The highest BCUT2D eigenvalue weighted by molar-refractivity contribution is 5.69. The van der Waals surface area contributed by atoms with Crippen molar-refractivity contribution in [2.24, 2.45) is 0 Å². The molecule has 2 aliphatic rings. The van der Waals surface area contributed by atoms with E-state index in [0.29, 0.717) is 12.6 Å². The molecule has 118 valence electrons. The number of rotatable bonds is 4. The Morgan fingerprint density at radius 3 is 2.82 bits per heavy atom. The van der Waals surface area contributed by atoms with Gasteiger partial charge in [0.15, 0.2) is 0 Å². The summed E-state index contributed by atoms with van der Waals surface area (Å²) in [6, 6.07) is 10.5. The summed E-state index contributed by atoms with van der Waals surface area (Å²) in [5.74, 6) is 0. The van der Waals surface area contributed by atoms with Crippen LogP contribution in [0.15, 0.2) is 42.0 Å². The molecule has 2 unspecified atom stereocenters. The number of amides is 1. The molecule has 2 atom stereocenters. The fourth-order valence-corrected chi connectivity index (χ4v) is 3.70. The number of carbonyl (C=O) groups excluding carboxylic acids is 1. The quantitative estimate of drug-likeness (QED) is 0.756. The van der Waals surface area contributed by atoms with Gasteiger partial charge >= 0.3 is 6.09 Å². The molecule has 3 nitrogen and oxygen atoms in total. The first-order valence-electron chi connectivity index (χ1n) is 8.46. The van der Waals surface area contributed by atoms with Gasteiger partial charge in [0.1, 0.15) is 6.61 Å². The molecule has 2 bridgehead atoms. The highest BCUT2D eigenvalue weighted by Crippen LogP contribution is 2.35. The second kappa shape index (κ2) is 6.99. The first kappa shape index (κ1) is 15.1. The Labute approximate surface area is 133 Å². The van der Waals surface area contributed by atoms with Crippen LogP contribution >= 0.6 is 0 Å². The molecule has 1 aromatic rings. The Kier molecular flexibility index (Phi) is 4.81. The number of nitrogens with zero attached hydrogens (tertiary/aromatic N) is 1. The maximum absolute atomic E-state index is 12.5. The second-order valence-electron chi connectivity index (χ2n) is 6.38. The van der Waals surface area contributed by atoms with Crippen molar-refractivity contribution in [3.05, 3.63) is 47.5 Å². The number of fused-ring (bicyclic) bond motifs is 2. The minimum absolute atomic E-state index is 0.148. The Morgan fingerprint density at radius 2 is 2.09 bits per heavy atom. The maximum Gasteiger partial charge on any atom is 0.410 e. The van der Waals surface area contributed by atoms with E-state index >= 15 is 0 Å². The molecule has 1 aromatic carbocycles. The average molecular weight is 299 g/mol. The molecule has 0 radical (unpaired) electrons. The van der Waals surface area contributed by atoms with Gasteiger partial charge in [0.2, 0.25) is 0 Å². The molecule has 3 rings (SSSR count). The van der Waals surface area contributed by atoms with Crippen LogP contribution in [0.5, 0.6) is 0 Å². The van der Waals surface area contributed by atoms with E-state index in [9.17, 15) is 4.79 Å².